The minimum absolute atomic E-state index is 0.0178. The number of hydrogen-bond acceptors (Lipinski definition) is 27. The lowest BCUT2D eigenvalue weighted by Gasteiger charge is -2.42. The number of anilines is 1. The smallest absolute Gasteiger partial charge is 0.261 e. The highest BCUT2D eigenvalue weighted by Crippen LogP contribution is 2.33. The number of piperazine rings is 1. The first kappa shape index (κ1) is 76.6. The summed E-state index contributed by atoms with van der Waals surface area (Å²) in [5.41, 5.74) is 2.02. The monoisotopic (exact) mass is 1410 g/mol. The summed E-state index contributed by atoms with van der Waals surface area (Å²) >= 11 is 0.957. The number of hydrogen-bond donors (Lipinski definition) is 18. The molecule has 4 saturated heterocycles. The number of fused-ring (bicyclic) bond motifs is 2. The Morgan fingerprint density at radius 1 is 0.714 bits per heavy atom. The summed E-state index contributed by atoms with van der Waals surface area (Å²) in [4.78, 5) is 109. The van der Waals surface area contributed by atoms with Crippen LogP contribution in [0.25, 0.3) is 0 Å². The van der Waals surface area contributed by atoms with E-state index in [0.717, 1.165) is 78.4 Å². The van der Waals surface area contributed by atoms with Gasteiger partial charge in [-0.15, -0.1) is 0 Å². The zero-order valence-corrected chi connectivity index (χ0v) is 56.1. The molecule has 0 aromatic heterocycles. The molecule has 8 rings (SSSR count). The Kier molecular flexibility index (Phi) is 28.0. The summed E-state index contributed by atoms with van der Waals surface area (Å²) in [6.07, 6.45) is -7.78. The number of aliphatic hydroxyl groups is 8. The van der Waals surface area contributed by atoms with Crippen LogP contribution in [0.2, 0.25) is 0 Å². The Hall–Kier alpha value is -7.13. The summed E-state index contributed by atoms with van der Waals surface area (Å²) < 4.78 is 9.37. The molecule has 1 unspecified atom stereocenters. The van der Waals surface area contributed by atoms with Gasteiger partial charge in [0.25, 0.3) is 18.2 Å². The second-order valence-electron chi connectivity index (χ2n) is 25.7. The zero-order valence-electron chi connectivity index (χ0n) is 54.5. The third-order valence-corrected chi connectivity index (χ3v) is 19.9. The molecule has 3 aromatic carbocycles. The highest BCUT2D eigenvalue weighted by Gasteiger charge is 2.50. The molecule has 5 fully saturated rings. The van der Waals surface area contributed by atoms with Crippen molar-refractivity contribution in [3.8, 4) is 11.5 Å². The van der Waals surface area contributed by atoms with Gasteiger partial charge in [-0.2, -0.15) is 0 Å². The fourth-order valence-corrected chi connectivity index (χ4v) is 13.9. The van der Waals surface area contributed by atoms with E-state index in [1.165, 1.54) is 62.9 Å². The number of rotatable bonds is 21. The van der Waals surface area contributed by atoms with Gasteiger partial charge in [-0.25, -0.2) is 5.26 Å². The molecule has 4 heterocycles. The molecule has 98 heavy (non-hydrogen) atoms. The van der Waals surface area contributed by atoms with Gasteiger partial charge in [0, 0.05) is 99.4 Å². The standard InChI is InChI=1S/C64H90N12O20S2/c1-33-4-13-41(14-5-33)73-20-22-74(23-21-73)42-15-11-38(12-16-42)57(66)97-56(65)37-7-9-39(10-8-37)58(86)69-45-26-43(80)28-68-62(90)54-55(85)34(2)29-76(54)64(92)53(48(83)18-19-67-40(31-77)32-78)72-61(89)52(49(84)24-36-6-17-47(82)50(25-36)94-98-96-95-93)71-60(88)46-27-44(81)30-75(46)63(91)51(35(3)79)70-59(45)87/h6-12,15-17,25,33-35,40-41,43-46,48-49,51-55,65-67,77-85,93H,4-5,13-14,18-24,26-32H2,1-3H3,(H,68,90)(H,69,86)(H,70,87)(H,71,88)(H,72,89)/t33?,34-,35+,41?,43+,44+,45?,46-,48+,49+,51-,52-,53-,54-,55-/m0/s1. The number of nitrogens with one attached hydrogen (secondary N) is 8. The fraction of sp³-hybridized carbons (Fsp3) is 0.578. The summed E-state index contributed by atoms with van der Waals surface area (Å²) in [5, 5.41) is 144. The minimum Gasteiger partial charge on any atom is -0.504 e. The predicted molar refractivity (Wildman–Crippen MR) is 356 cm³/mol. The Bertz CT molecular complexity index is 3250. The number of aromatic hydroxyl groups is 1. The van der Waals surface area contributed by atoms with E-state index >= 15 is 0 Å². The lowest BCUT2D eigenvalue weighted by atomic mass is 9.86. The third-order valence-electron chi connectivity index (χ3n) is 18.6. The van der Waals surface area contributed by atoms with E-state index in [9.17, 15) is 79.5 Å². The number of amides is 7. The average Bonchev–Trinajstić information content (AvgIpc) is 1.62. The zero-order chi connectivity index (χ0) is 71.1. The molecule has 1 saturated carbocycles. The third kappa shape index (κ3) is 19.9. The van der Waals surface area contributed by atoms with Gasteiger partial charge in [-0.05, 0) is 93.5 Å². The lowest BCUT2D eigenvalue weighted by Crippen LogP contribution is -2.64. The molecule has 7 amide bonds. The molecule has 13 atom stereocenters. The number of aliphatic hydroxyl groups excluding tert-OH is 8. The maximum atomic E-state index is 15.0. The number of carbonyl (C=O) groups excluding carboxylic acids is 7. The van der Waals surface area contributed by atoms with Crippen molar-refractivity contribution in [2.24, 2.45) is 11.8 Å². The summed E-state index contributed by atoms with van der Waals surface area (Å²) in [6.45, 7) is 5.70. The molecule has 34 heteroatoms. The largest absolute Gasteiger partial charge is 0.504 e. The molecule has 4 aliphatic heterocycles. The summed E-state index contributed by atoms with van der Waals surface area (Å²) in [5.74, 6) is -8.98. The van der Waals surface area contributed by atoms with Crippen LogP contribution in [0.15, 0.2) is 66.7 Å². The van der Waals surface area contributed by atoms with E-state index in [4.69, 9.17) is 20.3 Å². The Morgan fingerprint density at radius 3 is 1.96 bits per heavy atom. The van der Waals surface area contributed by atoms with Crippen molar-refractivity contribution in [1.82, 2.24) is 46.6 Å². The van der Waals surface area contributed by atoms with E-state index < -0.39 is 184 Å². The quantitative estimate of drug-likeness (QED) is 0.0135. The van der Waals surface area contributed by atoms with Gasteiger partial charge in [0.15, 0.2) is 11.5 Å². The molecule has 3 aromatic rings. The molecular formula is C64H90N12O20S2. The summed E-state index contributed by atoms with van der Waals surface area (Å²) in [6, 6.07) is 5.02. The van der Waals surface area contributed by atoms with Gasteiger partial charge in [-0.3, -0.25) is 49.3 Å². The van der Waals surface area contributed by atoms with Crippen molar-refractivity contribution >= 4 is 81.2 Å². The van der Waals surface area contributed by atoms with E-state index in [1.807, 2.05) is 24.3 Å². The molecule has 538 valence electrons. The van der Waals surface area contributed by atoms with Crippen LogP contribution in [0.1, 0.15) is 92.8 Å². The number of nitrogens with zero attached hydrogens (tertiary/aromatic N) is 4. The first-order valence-corrected chi connectivity index (χ1v) is 34.1. The normalized spacial score (nSPS) is 27.5. The topological polar surface area (TPSA) is 482 Å². The summed E-state index contributed by atoms with van der Waals surface area (Å²) in [7, 11) is 0. The van der Waals surface area contributed by atoms with Crippen LogP contribution in [-0.4, -0.2) is 268 Å². The van der Waals surface area contributed by atoms with E-state index in [0.29, 0.717) is 17.2 Å². The Morgan fingerprint density at radius 2 is 1.33 bits per heavy atom. The first-order valence-electron chi connectivity index (χ1n) is 32.6. The highest BCUT2D eigenvalue weighted by atomic mass is 32.2. The molecule has 1 aliphatic carbocycles. The number of phenolic OH excluding ortho intramolecular Hbond substituents is 1. The average molecular weight is 1410 g/mol. The van der Waals surface area contributed by atoms with Crippen molar-refractivity contribution in [3.05, 3.63) is 89.0 Å². The maximum absolute atomic E-state index is 15.0. The van der Waals surface area contributed by atoms with Crippen molar-refractivity contribution in [2.45, 2.75) is 157 Å². The van der Waals surface area contributed by atoms with Gasteiger partial charge in [0.05, 0.1) is 55.9 Å². The van der Waals surface area contributed by atoms with Gasteiger partial charge in [-0.1, -0.05) is 65.3 Å². The molecule has 5 aliphatic rings. The molecular weight excluding hydrogens is 1320 g/mol. The molecule has 0 spiro atoms. The number of thioether (sulfide) groups is 1. The first-order chi connectivity index (χ1) is 46.8. The molecule has 18 N–H and O–H groups in total. The highest BCUT2D eigenvalue weighted by molar-refractivity contribution is 8.27. The van der Waals surface area contributed by atoms with Crippen LogP contribution < -0.4 is 41.0 Å². The second kappa shape index (κ2) is 35.8. The fourth-order valence-electron chi connectivity index (χ4n) is 12.9. The minimum atomic E-state index is -2.17. The second-order valence-corrected chi connectivity index (χ2v) is 27.2. The SMILES string of the molecule is CC1CCC(N2CCN(c3ccc(C(=N)SC(=N)c4ccc(C(=O)NC5C[C@@H](O)CNC(=O)[C@@H]6[C@@H](O)[C@@H](C)CN6C(=O)[C@H]([C@H](O)CCNC(CO)CO)NC(=O)[C@H]([C@H](O)Cc6ccc(O)c(OSOOO)c6)NC(=O)[C@@H]6C[C@@H](O)CN6C(=O)[C@H]([C@@H](C)O)NC5=O)cc4)cc3)CC2)CC1. The van der Waals surface area contributed by atoms with Gasteiger partial charge < -0.3 is 96.7 Å². The van der Waals surface area contributed by atoms with E-state index in [2.05, 4.69) is 58.0 Å². The van der Waals surface area contributed by atoms with Gasteiger partial charge in [0.2, 0.25) is 35.4 Å². The van der Waals surface area contributed by atoms with E-state index in [-0.39, 0.29) is 52.4 Å². The Labute approximate surface area is 574 Å². The Balaban J connectivity index is 1.03. The van der Waals surface area contributed by atoms with Crippen molar-refractivity contribution in [3.63, 3.8) is 0 Å². The van der Waals surface area contributed by atoms with Crippen LogP contribution in [0.5, 0.6) is 11.5 Å². The van der Waals surface area contributed by atoms with Crippen LogP contribution in [0.3, 0.4) is 0 Å². The van der Waals surface area contributed by atoms with Crippen LogP contribution in [-0.2, 0) is 44.6 Å². The maximum Gasteiger partial charge on any atom is 0.261 e. The van der Waals surface area contributed by atoms with Crippen molar-refractivity contribution in [1.29, 1.82) is 10.8 Å². The van der Waals surface area contributed by atoms with Crippen molar-refractivity contribution < 1.29 is 98.3 Å². The van der Waals surface area contributed by atoms with E-state index in [1.54, 1.807) is 0 Å². The predicted octanol–water partition coefficient (Wildman–Crippen LogP) is -2.18. The van der Waals surface area contributed by atoms with Gasteiger partial charge in [0.1, 0.15) is 46.3 Å². The number of benzene rings is 3. The number of phenols is 1. The molecule has 32 nitrogen and oxygen atoms in total. The van der Waals surface area contributed by atoms with Crippen LogP contribution in [0.4, 0.5) is 5.69 Å². The number of carbonyl (C=O) groups is 7. The molecule has 0 radical (unpaired) electrons. The van der Waals surface area contributed by atoms with Crippen LogP contribution in [0, 0.1) is 22.7 Å². The van der Waals surface area contributed by atoms with Crippen molar-refractivity contribution in [2.75, 3.05) is 70.5 Å². The molecule has 0 bridgehead atoms. The van der Waals surface area contributed by atoms with Gasteiger partial charge >= 0.3 is 0 Å². The number of β-amino-alcohol motifs (C(OH)–C–C–N with tert-alkyl or cyclic N) is 1. The van der Waals surface area contributed by atoms with Crippen LogP contribution >= 0.6 is 24.1 Å². The lowest BCUT2D eigenvalue weighted by molar-refractivity contribution is -0.433.